The average molecular weight is 362 g/mol. The lowest BCUT2D eigenvalue weighted by Gasteiger charge is -2.20. The van der Waals surface area contributed by atoms with Crippen molar-refractivity contribution in [2.24, 2.45) is 5.92 Å². The number of hydrogen-bond donors (Lipinski definition) is 3. The fraction of sp³-hybridized carbons (Fsp3) is 0.500. The minimum absolute atomic E-state index is 0.0465. The first kappa shape index (κ1) is 18.2. The second kappa shape index (κ2) is 7.59. The Labute approximate surface area is 140 Å². The number of hydrogen-bond acceptors (Lipinski definition) is 6. The molecule has 23 heavy (non-hydrogen) atoms. The minimum Gasteiger partial charge on any atom is -0.469 e. The van der Waals surface area contributed by atoms with E-state index >= 15 is 0 Å². The van der Waals surface area contributed by atoms with Gasteiger partial charge in [-0.3, -0.25) is 10.2 Å². The number of nitrogens with one attached hydrogen (secondary N) is 3. The van der Waals surface area contributed by atoms with E-state index < -0.39 is 27.3 Å². The lowest BCUT2D eigenvalue weighted by Crippen LogP contribution is -2.47. The van der Waals surface area contributed by atoms with E-state index in [1.165, 1.54) is 7.11 Å². The maximum absolute atomic E-state index is 12.5. The molecule has 1 saturated heterocycles. The second-order valence-corrected chi connectivity index (χ2v) is 7.52. The van der Waals surface area contributed by atoms with Crippen LogP contribution in [-0.2, 0) is 26.1 Å². The maximum Gasteiger partial charge on any atom is 0.313 e. The summed E-state index contributed by atoms with van der Waals surface area (Å²) in [4.78, 5) is 12.0. The molecule has 3 N–H and O–H groups in total. The molecular formula is C14H20ClN3O4S. The highest BCUT2D eigenvalue weighted by Gasteiger charge is 2.47. The quantitative estimate of drug-likeness (QED) is 0.647. The number of carbonyl (C=O) groups is 1. The van der Waals surface area contributed by atoms with Crippen LogP contribution in [0.15, 0.2) is 24.3 Å². The second-order valence-electron chi connectivity index (χ2n) is 5.23. The third kappa shape index (κ3) is 4.02. The van der Waals surface area contributed by atoms with Crippen molar-refractivity contribution < 1.29 is 17.9 Å². The van der Waals surface area contributed by atoms with Gasteiger partial charge in [-0.25, -0.2) is 18.6 Å². The van der Waals surface area contributed by atoms with Crippen molar-refractivity contribution >= 4 is 27.6 Å². The molecule has 7 nitrogen and oxygen atoms in total. The molecule has 1 aromatic rings. The Morgan fingerprint density at radius 1 is 1.35 bits per heavy atom. The summed E-state index contributed by atoms with van der Waals surface area (Å²) in [5, 5.41) is -0.633. The van der Waals surface area contributed by atoms with Crippen molar-refractivity contribution in [3.63, 3.8) is 0 Å². The summed E-state index contributed by atoms with van der Waals surface area (Å²) in [7, 11) is -2.56. The van der Waals surface area contributed by atoms with E-state index in [2.05, 4.69) is 15.6 Å². The largest absolute Gasteiger partial charge is 0.469 e. The van der Waals surface area contributed by atoms with Gasteiger partial charge < -0.3 is 4.74 Å². The molecule has 0 aromatic heterocycles. The number of ether oxygens (including phenoxy) is 1. The summed E-state index contributed by atoms with van der Waals surface area (Å²) in [6, 6.07) is 6.64. The van der Waals surface area contributed by atoms with Gasteiger partial charge in [-0.2, -0.15) is 0 Å². The Balaban J connectivity index is 2.15. The van der Waals surface area contributed by atoms with E-state index in [1.54, 1.807) is 24.3 Å². The molecule has 9 heteroatoms. The fourth-order valence-electron chi connectivity index (χ4n) is 2.54. The van der Waals surface area contributed by atoms with Gasteiger partial charge in [0.25, 0.3) is 0 Å². The third-order valence-corrected chi connectivity index (χ3v) is 5.83. The van der Waals surface area contributed by atoms with E-state index in [-0.39, 0.29) is 12.6 Å². The van der Waals surface area contributed by atoms with Gasteiger partial charge in [0.05, 0.1) is 7.11 Å². The summed E-state index contributed by atoms with van der Waals surface area (Å²) in [5.41, 5.74) is 6.18. The van der Waals surface area contributed by atoms with Crippen molar-refractivity contribution in [2.45, 2.75) is 31.3 Å². The van der Waals surface area contributed by atoms with Gasteiger partial charge in [0.15, 0.2) is 5.37 Å². The zero-order valence-corrected chi connectivity index (χ0v) is 14.4. The molecule has 0 amide bonds. The van der Waals surface area contributed by atoms with E-state index in [1.807, 2.05) is 6.92 Å². The monoisotopic (exact) mass is 361 g/mol. The number of halogens is 1. The van der Waals surface area contributed by atoms with Gasteiger partial charge in [-0.1, -0.05) is 36.7 Å². The summed E-state index contributed by atoms with van der Waals surface area (Å²) < 4.78 is 32.3. The van der Waals surface area contributed by atoms with E-state index in [4.69, 9.17) is 16.3 Å². The maximum atomic E-state index is 12.5. The molecule has 3 atom stereocenters. The molecule has 1 aliphatic rings. The zero-order chi connectivity index (χ0) is 17.0. The van der Waals surface area contributed by atoms with Gasteiger partial charge in [0.2, 0.25) is 10.0 Å². The molecule has 0 saturated carbocycles. The molecule has 0 spiro atoms. The number of rotatable bonds is 6. The molecule has 1 heterocycles. The van der Waals surface area contributed by atoms with Crippen LogP contribution in [0.2, 0.25) is 5.02 Å². The lowest BCUT2D eigenvalue weighted by molar-refractivity contribution is -0.145. The highest BCUT2D eigenvalue weighted by molar-refractivity contribution is 7.90. The van der Waals surface area contributed by atoms with Crippen LogP contribution in [-0.4, -0.2) is 32.9 Å². The van der Waals surface area contributed by atoms with Crippen LogP contribution in [0.1, 0.15) is 18.9 Å². The van der Waals surface area contributed by atoms with Gasteiger partial charge in [-0.05, 0) is 18.1 Å². The van der Waals surface area contributed by atoms with Crippen molar-refractivity contribution in [3.05, 3.63) is 34.9 Å². The van der Waals surface area contributed by atoms with Crippen LogP contribution < -0.4 is 15.6 Å². The summed E-state index contributed by atoms with van der Waals surface area (Å²) in [6.07, 6.45) is 0.587. The first-order valence-corrected chi connectivity index (χ1v) is 9.14. The van der Waals surface area contributed by atoms with E-state index in [9.17, 15) is 13.2 Å². The van der Waals surface area contributed by atoms with Crippen molar-refractivity contribution in [1.29, 1.82) is 0 Å². The van der Waals surface area contributed by atoms with Crippen LogP contribution in [0.5, 0.6) is 0 Å². The van der Waals surface area contributed by atoms with Gasteiger partial charge in [0, 0.05) is 17.6 Å². The van der Waals surface area contributed by atoms with Crippen LogP contribution in [0, 0.1) is 5.92 Å². The van der Waals surface area contributed by atoms with Gasteiger partial charge in [0.1, 0.15) is 5.92 Å². The van der Waals surface area contributed by atoms with E-state index in [0.717, 1.165) is 0 Å². The van der Waals surface area contributed by atoms with E-state index in [0.29, 0.717) is 17.0 Å². The Bertz CT molecular complexity index is 668. The zero-order valence-electron chi connectivity index (χ0n) is 12.9. The first-order chi connectivity index (χ1) is 10.9. The topological polar surface area (TPSA) is 96.5 Å². The molecule has 0 aliphatic carbocycles. The number of benzene rings is 1. The SMILES string of the molecule is CCC1NNC(S(=O)(=O)NCc2ccccc2Cl)C1C(=O)OC. The number of carbonyl (C=O) groups excluding carboxylic acids is 1. The third-order valence-electron chi connectivity index (χ3n) is 3.84. The molecule has 3 unspecified atom stereocenters. The molecule has 0 radical (unpaired) electrons. The molecule has 1 aliphatic heterocycles. The Morgan fingerprint density at radius 2 is 2.04 bits per heavy atom. The first-order valence-electron chi connectivity index (χ1n) is 7.21. The molecule has 128 valence electrons. The fourth-order valence-corrected chi connectivity index (χ4v) is 4.19. The predicted octanol–water partition coefficient (Wildman–Crippen LogP) is 0.761. The Kier molecular flexibility index (Phi) is 5.99. The minimum atomic E-state index is -3.81. The number of hydrazine groups is 1. The summed E-state index contributed by atoms with van der Waals surface area (Å²) in [5.74, 6) is -1.39. The molecule has 2 rings (SSSR count). The summed E-state index contributed by atoms with van der Waals surface area (Å²) in [6.45, 7) is 1.91. The van der Waals surface area contributed by atoms with Crippen LogP contribution in [0.4, 0.5) is 0 Å². The van der Waals surface area contributed by atoms with Crippen molar-refractivity contribution in [3.8, 4) is 0 Å². The van der Waals surface area contributed by atoms with Crippen molar-refractivity contribution in [1.82, 2.24) is 15.6 Å². The Morgan fingerprint density at radius 3 is 2.65 bits per heavy atom. The molecule has 1 aromatic carbocycles. The van der Waals surface area contributed by atoms with Crippen molar-refractivity contribution in [2.75, 3.05) is 7.11 Å². The van der Waals surface area contributed by atoms with Gasteiger partial charge in [-0.15, -0.1) is 0 Å². The highest BCUT2D eigenvalue weighted by Crippen LogP contribution is 2.23. The predicted molar refractivity (Wildman–Crippen MR) is 86.9 cm³/mol. The molecule has 1 fully saturated rings. The highest BCUT2D eigenvalue weighted by atomic mass is 35.5. The summed E-state index contributed by atoms with van der Waals surface area (Å²) >= 11 is 6.02. The normalized spacial score (nSPS) is 24.6. The number of methoxy groups -OCH3 is 1. The van der Waals surface area contributed by atoms with Gasteiger partial charge >= 0.3 is 5.97 Å². The molecular weight excluding hydrogens is 342 g/mol. The molecule has 0 bridgehead atoms. The van der Waals surface area contributed by atoms with Crippen LogP contribution in [0.3, 0.4) is 0 Å². The number of esters is 1. The van der Waals surface area contributed by atoms with Crippen LogP contribution in [0.25, 0.3) is 0 Å². The standard InChI is InChI=1S/C14H20ClN3O4S/c1-3-11-12(14(19)22-2)13(18-17-11)23(20,21)16-8-9-6-4-5-7-10(9)15/h4-7,11-13,16-18H,3,8H2,1-2H3. The lowest BCUT2D eigenvalue weighted by atomic mass is 10.00. The van der Waals surface area contributed by atoms with Crippen LogP contribution >= 0.6 is 11.6 Å². The average Bonchev–Trinajstić information content (AvgIpc) is 2.98. The smallest absolute Gasteiger partial charge is 0.313 e. The Hall–Kier alpha value is -1.19. The number of sulfonamides is 1.